The summed E-state index contributed by atoms with van der Waals surface area (Å²) < 4.78 is 11.8. The molecule has 0 amide bonds. The van der Waals surface area contributed by atoms with Gasteiger partial charge < -0.3 is 9.47 Å². The van der Waals surface area contributed by atoms with Crippen LogP contribution < -0.4 is 9.47 Å². The SMILES string of the molecule is [c]1c(COc2ccccc2)cc2ccccc2c1COc1ccccc1. The van der Waals surface area contributed by atoms with Crippen molar-refractivity contribution in [1.82, 2.24) is 0 Å². The zero-order valence-electron chi connectivity index (χ0n) is 14.4. The number of benzene rings is 4. The van der Waals surface area contributed by atoms with Crippen molar-refractivity contribution in [3.63, 3.8) is 0 Å². The normalized spacial score (nSPS) is 10.6. The van der Waals surface area contributed by atoms with Crippen LogP contribution in [0.25, 0.3) is 10.8 Å². The van der Waals surface area contributed by atoms with E-state index in [1.807, 2.05) is 72.8 Å². The van der Waals surface area contributed by atoms with Crippen LogP contribution in [-0.2, 0) is 13.2 Å². The average Bonchev–Trinajstić information content (AvgIpc) is 2.72. The quantitative estimate of drug-likeness (QED) is 0.442. The van der Waals surface area contributed by atoms with Crippen molar-refractivity contribution < 1.29 is 9.47 Å². The van der Waals surface area contributed by atoms with Gasteiger partial charge in [0, 0.05) is 5.56 Å². The molecule has 0 spiro atoms. The van der Waals surface area contributed by atoms with E-state index >= 15 is 0 Å². The first-order chi connectivity index (χ1) is 12.9. The molecule has 0 atom stereocenters. The molecule has 4 aromatic rings. The van der Waals surface area contributed by atoms with Crippen LogP contribution >= 0.6 is 0 Å². The zero-order valence-corrected chi connectivity index (χ0v) is 14.4. The molecule has 0 aliphatic rings. The van der Waals surface area contributed by atoms with E-state index < -0.39 is 0 Å². The minimum atomic E-state index is 0.476. The Labute approximate surface area is 153 Å². The van der Waals surface area contributed by atoms with Gasteiger partial charge in [-0.3, -0.25) is 0 Å². The van der Waals surface area contributed by atoms with Gasteiger partial charge in [-0.15, -0.1) is 0 Å². The summed E-state index contributed by atoms with van der Waals surface area (Å²) in [5.74, 6) is 1.71. The maximum atomic E-state index is 5.95. The minimum Gasteiger partial charge on any atom is -0.489 e. The number of ether oxygens (including phenoxy) is 2. The fourth-order valence-corrected chi connectivity index (χ4v) is 2.92. The molecule has 0 saturated carbocycles. The Morgan fingerprint density at radius 2 is 1.19 bits per heavy atom. The van der Waals surface area contributed by atoms with Gasteiger partial charge in [-0.1, -0.05) is 60.7 Å². The second-order valence-electron chi connectivity index (χ2n) is 6.06. The van der Waals surface area contributed by atoms with E-state index in [2.05, 4.69) is 24.3 Å². The first-order valence-corrected chi connectivity index (χ1v) is 8.67. The first-order valence-electron chi connectivity index (χ1n) is 8.67. The van der Waals surface area contributed by atoms with Crippen molar-refractivity contribution in [3.05, 3.63) is 108 Å². The highest BCUT2D eigenvalue weighted by Gasteiger charge is 2.07. The molecule has 0 aliphatic carbocycles. The summed E-state index contributed by atoms with van der Waals surface area (Å²) in [6.07, 6.45) is 0. The molecule has 0 aliphatic heterocycles. The van der Waals surface area contributed by atoms with Crippen LogP contribution in [0.15, 0.2) is 91.0 Å². The second kappa shape index (κ2) is 7.75. The van der Waals surface area contributed by atoms with E-state index in [9.17, 15) is 0 Å². The molecule has 0 aromatic heterocycles. The van der Waals surface area contributed by atoms with Gasteiger partial charge in [-0.25, -0.2) is 0 Å². The third kappa shape index (κ3) is 3.86. The fourth-order valence-electron chi connectivity index (χ4n) is 2.92. The molecule has 0 heterocycles. The molecule has 0 bridgehead atoms. The van der Waals surface area contributed by atoms with E-state index in [0.29, 0.717) is 13.2 Å². The lowest BCUT2D eigenvalue weighted by Crippen LogP contribution is -2.01. The van der Waals surface area contributed by atoms with Crippen LogP contribution in [0.1, 0.15) is 11.1 Å². The molecule has 2 nitrogen and oxygen atoms in total. The molecule has 0 fully saturated rings. The lowest BCUT2D eigenvalue weighted by molar-refractivity contribution is 0.300. The van der Waals surface area contributed by atoms with Crippen LogP contribution in [0.5, 0.6) is 11.5 Å². The maximum Gasteiger partial charge on any atom is 0.119 e. The Balaban J connectivity index is 1.58. The summed E-state index contributed by atoms with van der Waals surface area (Å²) in [5, 5.41) is 2.33. The Hall–Kier alpha value is -3.26. The van der Waals surface area contributed by atoms with Gasteiger partial charge >= 0.3 is 0 Å². The van der Waals surface area contributed by atoms with Crippen molar-refractivity contribution in [2.45, 2.75) is 13.2 Å². The average molecular weight is 339 g/mol. The number of hydrogen-bond donors (Lipinski definition) is 0. The maximum absolute atomic E-state index is 5.95. The summed E-state index contributed by atoms with van der Waals surface area (Å²) in [6, 6.07) is 33.6. The van der Waals surface area contributed by atoms with Gasteiger partial charge in [0.25, 0.3) is 0 Å². The smallest absolute Gasteiger partial charge is 0.119 e. The molecular formula is C24H19O2. The Kier molecular flexibility index (Phi) is 4.83. The first kappa shape index (κ1) is 16.2. The molecule has 2 heteroatoms. The van der Waals surface area contributed by atoms with Crippen LogP contribution in [0.3, 0.4) is 0 Å². The van der Waals surface area contributed by atoms with Crippen LogP contribution in [-0.4, -0.2) is 0 Å². The molecule has 127 valence electrons. The number of hydrogen-bond acceptors (Lipinski definition) is 2. The molecule has 0 saturated heterocycles. The molecular weight excluding hydrogens is 320 g/mol. The molecule has 26 heavy (non-hydrogen) atoms. The lowest BCUT2D eigenvalue weighted by Gasteiger charge is -2.12. The van der Waals surface area contributed by atoms with E-state index in [4.69, 9.17) is 9.47 Å². The number of fused-ring (bicyclic) bond motifs is 1. The van der Waals surface area contributed by atoms with Crippen LogP contribution in [0, 0.1) is 6.07 Å². The van der Waals surface area contributed by atoms with Crippen LogP contribution in [0.2, 0.25) is 0 Å². The van der Waals surface area contributed by atoms with E-state index in [0.717, 1.165) is 28.0 Å². The van der Waals surface area contributed by atoms with Crippen molar-refractivity contribution in [2.24, 2.45) is 0 Å². The zero-order chi connectivity index (χ0) is 17.6. The van der Waals surface area contributed by atoms with Gasteiger partial charge in [-0.2, -0.15) is 0 Å². The van der Waals surface area contributed by atoms with Gasteiger partial charge in [0.2, 0.25) is 0 Å². The topological polar surface area (TPSA) is 18.5 Å². The second-order valence-corrected chi connectivity index (χ2v) is 6.06. The molecule has 0 unspecified atom stereocenters. The van der Waals surface area contributed by atoms with E-state index in [1.165, 1.54) is 5.39 Å². The predicted molar refractivity (Wildman–Crippen MR) is 104 cm³/mol. The van der Waals surface area contributed by atoms with Gasteiger partial charge in [-0.05, 0) is 52.7 Å². The standard InChI is InChI=1S/C24H19O2/c1-3-10-22(11-4-1)25-17-19-15-20-9-7-8-14-24(20)21(16-19)18-26-23-12-5-2-6-13-23/h1-15H,17-18H2. The van der Waals surface area contributed by atoms with E-state index in [-0.39, 0.29) is 0 Å². The molecule has 1 radical (unpaired) electrons. The Bertz CT molecular complexity index is 979. The highest BCUT2D eigenvalue weighted by Crippen LogP contribution is 2.23. The third-order valence-electron chi connectivity index (χ3n) is 4.19. The largest absolute Gasteiger partial charge is 0.489 e. The van der Waals surface area contributed by atoms with Crippen molar-refractivity contribution in [1.29, 1.82) is 0 Å². The van der Waals surface area contributed by atoms with E-state index in [1.54, 1.807) is 0 Å². The summed E-state index contributed by atoms with van der Waals surface area (Å²) in [6.45, 7) is 0.955. The fraction of sp³-hybridized carbons (Fsp3) is 0.0833. The monoisotopic (exact) mass is 339 g/mol. The summed E-state index contributed by atoms with van der Waals surface area (Å²) in [7, 11) is 0. The number of rotatable bonds is 6. The van der Waals surface area contributed by atoms with Crippen molar-refractivity contribution >= 4 is 10.8 Å². The van der Waals surface area contributed by atoms with Crippen LogP contribution in [0.4, 0.5) is 0 Å². The predicted octanol–water partition coefficient (Wildman–Crippen LogP) is 5.80. The minimum absolute atomic E-state index is 0.476. The van der Waals surface area contributed by atoms with Gasteiger partial charge in [0.05, 0.1) is 0 Å². The molecule has 4 aromatic carbocycles. The van der Waals surface area contributed by atoms with Gasteiger partial charge in [0.1, 0.15) is 24.7 Å². The van der Waals surface area contributed by atoms with Crippen molar-refractivity contribution in [3.8, 4) is 11.5 Å². The summed E-state index contributed by atoms with van der Waals surface area (Å²) in [4.78, 5) is 0. The lowest BCUT2D eigenvalue weighted by atomic mass is 10.0. The highest BCUT2D eigenvalue weighted by atomic mass is 16.5. The Morgan fingerprint density at radius 1 is 0.615 bits per heavy atom. The third-order valence-corrected chi connectivity index (χ3v) is 4.19. The van der Waals surface area contributed by atoms with Crippen molar-refractivity contribution in [2.75, 3.05) is 0 Å². The van der Waals surface area contributed by atoms with Gasteiger partial charge in [0.15, 0.2) is 0 Å². The summed E-state index contributed by atoms with van der Waals surface area (Å²) >= 11 is 0. The summed E-state index contributed by atoms with van der Waals surface area (Å²) in [5.41, 5.74) is 2.05. The number of para-hydroxylation sites is 2. The highest BCUT2D eigenvalue weighted by molar-refractivity contribution is 5.86. The Morgan fingerprint density at radius 3 is 1.88 bits per heavy atom. The molecule has 0 N–H and O–H groups in total. The molecule has 4 rings (SSSR count).